The Bertz CT molecular complexity index is 447. The van der Waals surface area contributed by atoms with Crippen LogP contribution in [0.2, 0.25) is 0 Å². The molecule has 0 atom stereocenters. The molecule has 1 aromatic heterocycles. The Morgan fingerprint density at radius 3 is 2.76 bits per heavy atom. The normalized spacial score (nSPS) is 20.5. The van der Waals surface area contributed by atoms with Crippen molar-refractivity contribution in [3.8, 4) is 0 Å². The number of carbonyl (C=O) groups excluding carboxylic acids is 1. The molecule has 5 heteroatoms. The van der Waals surface area contributed by atoms with Crippen molar-refractivity contribution in [1.29, 1.82) is 0 Å². The molecule has 0 bridgehead atoms. The molecule has 4 nitrogen and oxygen atoms in total. The molecule has 0 spiro atoms. The topological polar surface area (TPSA) is 45.5 Å². The summed E-state index contributed by atoms with van der Waals surface area (Å²) in [6.07, 6.45) is 4.33. The summed E-state index contributed by atoms with van der Waals surface area (Å²) in [4.78, 5) is 14.1. The van der Waals surface area contributed by atoms with Crippen LogP contribution < -0.4 is 0 Å². The van der Waals surface area contributed by atoms with Crippen LogP contribution in [0.15, 0.2) is 16.7 Å². The van der Waals surface area contributed by atoms with Gasteiger partial charge in [0.15, 0.2) is 0 Å². The zero-order valence-corrected chi connectivity index (χ0v) is 11.1. The number of rotatable bonds is 3. The summed E-state index contributed by atoms with van der Waals surface area (Å²) < 4.78 is 3.05. The number of halogens is 1. The van der Waals surface area contributed by atoms with E-state index in [1.165, 1.54) is 12.8 Å². The average Bonchev–Trinajstić information content (AvgIpc) is 3.00. The van der Waals surface area contributed by atoms with Crippen molar-refractivity contribution in [2.45, 2.75) is 18.9 Å². The van der Waals surface area contributed by atoms with Crippen LogP contribution in [0.4, 0.5) is 0 Å². The molecule has 0 radical (unpaired) electrons. The maximum absolute atomic E-state index is 12.3. The minimum atomic E-state index is 0.0901. The Balaban J connectivity index is 1.77. The molecule has 3 rings (SSSR count). The monoisotopic (exact) mass is 298 g/mol. The molecule has 1 saturated carbocycles. The fraction of sp³-hybridized carbons (Fsp3) is 0.583. The van der Waals surface area contributed by atoms with Crippen molar-refractivity contribution < 1.29 is 9.90 Å². The van der Waals surface area contributed by atoms with Gasteiger partial charge in [0, 0.05) is 42.3 Å². The van der Waals surface area contributed by atoms with Crippen LogP contribution in [0.25, 0.3) is 0 Å². The van der Waals surface area contributed by atoms with Crippen molar-refractivity contribution >= 4 is 21.8 Å². The maximum Gasteiger partial charge on any atom is 0.270 e. The zero-order valence-electron chi connectivity index (χ0n) is 9.47. The highest BCUT2D eigenvalue weighted by Gasteiger charge is 2.34. The third-order valence-corrected chi connectivity index (χ3v) is 3.91. The number of hydrogen-bond acceptors (Lipinski definition) is 2. The Morgan fingerprint density at radius 2 is 2.18 bits per heavy atom. The molecule has 2 heterocycles. The van der Waals surface area contributed by atoms with E-state index in [9.17, 15) is 4.79 Å². The van der Waals surface area contributed by atoms with Gasteiger partial charge in [-0.15, -0.1) is 0 Å². The molecule has 1 aromatic rings. The number of carbonyl (C=O) groups is 1. The first kappa shape index (κ1) is 11.3. The lowest BCUT2D eigenvalue weighted by Gasteiger charge is -2.38. The molecule has 92 valence electrons. The van der Waals surface area contributed by atoms with Gasteiger partial charge in [0.2, 0.25) is 0 Å². The average molecular weight is 299 g/mol. The zero-order chi connectivity index (χ0) is 12.0. The highest BCUT2D eigenvalue weighted by Crippen LogP contribution is 2.38. The van der Waals surface area contributed by atoms with Crippen molar-refractivity contribution in [3.05, 3.63) is 22.4 Å². The van der Waals surface area contributed by atoms with Gasteiger partial charge in [0.05, 0.1) is 0 Å². The van der Waals surface area contributed by atoms with Gasteiger partial charge >= 0.3 is 0 Å². The summed E-state index contributed by atoms with van der Waals surface area (Å²) in [7, 11) is 0. The molecule has 0 unspecified atom stereocenters. The van der Waals surface area contributed by atoms with Gasteiger partial charge < -0.3 is 14.6 Å². The standard InChI is InChI=1S/C12H15BrN2O2/c13-9-3-11(15(6-9)10-1-2-10)12(17)14-4-8(5-14)7-16/h3,6,8,10,16H,1-2,4-5,7H2. The summed E-state index contributed by atoms with van der Waals surface area (Å²) >= 11 is 3.43. The second kappa shape index (κ2) is 4.14. The number of hydrogen-bond donors (Lipinski definition) is 1. The molecular weight excluding hydrogens is 284 g/mol. The van der Waals surface area contributed by atoms with E-state index >= 15 is 0 Å². The number of likely N-dealkylation sites (tertiary alicyclic amines) is 1. The summed E-state index contributed by atoms with van der Waals surface area (Å²) in [6.45, 7) is 1.54. The van der Waals surface area contributed by atoms with Crippen LogP contribution >= 0.6 is 15.9 Å². The Labute approximate surface area is 108 Å². The Morgan fingerprint density at radius 1 is 1.47 bits per heavy atom. The molecule has 17 heavy (non-hydrogen) atoms. The smallest absolute Gasteiger partial charge is 0.270 e. The minimum absolute atomic E-state index is 0.0901. The van der Waals surface area contributed by atoms with Crippen molar-refractivity contribution in [3.63, 3.8) is 0 Å². The first-order valence-corrected chi connectivity index (χ1v) is 6.76. The van der Waals surface area contributed by atoms with Gasteiger partial charge in [-0.2, -0.15) is 0 Å². The summed E-state index contributed by atoms with van der Waals surface area (Å²) in [5, 5.41) is 8.96. The predicted molar refractivity (Wildman–Crippen MR) is 66.9 cm³/mol. The van der Waals surface area contributed by atoms with Crippen molar-refractivity contribution in [2.75, 3.05) is 19.7 Å². The number of aliphatic hydroxyl groups is 1. The van der Waals surface area contributed by atoms with E-state index in [0.29, 0.717) is 19.1 Å². The molecule has 2 fully saturated rings. The summed E-state index contributed by atoms with van der Waals surface area (Å²) in [5.74, 6) is 0.360. The lowest BCUT2D eigenvalue weighted by molar-refractivity contribution is 0.0352. The molecule has 1 amide bonds. The SMILES string of the molecule is O=C(c1cc(Br)cn1C1CC1)N1CC(CO)C1. The molecule has 1 aliphatic heterocycles. The molecule has 0 aromatic carbocycles. The highest BCUT2D eigenvalue weighted by atomic mass is 79.9. The van der Waals surface area contributed by atoms with E-state index < -0.39 is 0 Å². The molecule has 1 aliphatic carbocycles. The largest absolute Gasteiger partial charge is 0.396 e. The van der Waals surface area contributed by atoms with Gasteiger partial charge in [-0.3, -0.25) is 4.79 Å². The van der Waals surface area contributed by atoms with E-state index in [1.54, 1.807) is 0 Å². The van der Waals surface area contributed by atoms with Gasteiger partial charge in [-0.1, -0.05) is 0 Å². The third kappa shape index (κ3) is 2.02. The van der Waals surface area contributed by atoms with Crippen LogP contribution in [0.3, 0.4) is 0 Å². The van der Waals surface area contributed by atoms with E-state index in [4.69, 9.17) is 5.11 Å². The summed E-state index contributed by atoms with van der Waals surface area (Å²) in [6, 6.07) is 2.41. The van der Waals surface area contributed by atoms with Crippen LogP contribution in [-0.4, -0.2) is 40.2 Å². The first-order chi connectivity index (χ1) is 8.19. The van der Waals surface area contributed by atoms with Crippen LogP contribution in [0.5, 0.6) is 0 Å². The van der Waals surface area contributed by atoms with Crippen LogP contribution in [0.1, 0.15) is 29.4 Å². The highest BCUT2D eigenvalue weighted by molar-refractivity contribution is 9.10. The van der Waals surface area contributed by atoms with E-state index in [-0.39, 0.29) is 18.4 Å². The number of amides is 1. The number of aromatic nitrogens is 1. The van der Waals surface area contributed by atoms with Crippen LogP contribution in [-0.2, 0) is 0 Å². The lowest BCUT2D eigenvalue weighted by atomic mass is 10.0. The fourth-order valence-electron chi connectivity index (χ4n) is 2.28. The minimum Gasteiger partial charge on any atom is -0.396 e. The van der Waals surface area contributed by atoms with E-state index in [2.05, 4.69) is 20.5 Å². The molecule has 2 aliphatic rings. The molecular formula is C12H15BrN2O2. The van der Waals surface area contributed by atoms with E-state index in [0.717, 1.165) is 10.2 Å². The van der Waals surface area contributed by atoms with Crippen molar-refractivity contribution in [2.24, 2.45) is 5.92 Å². The maximum atomic E-state index is 12.3. The Kier molecular flexibility index (Phi) is 2.75. The summed E-state index contributed by atoms with van der Waals surface area (Å²) in [5.41, 5.74) is 0.774. The quantitative estimate of drug-likeness (QED) is 0.922. The second-order valence-corrected chi connectivity index (χ2v) is 5.86. The van der Waals surface area contributed by atoms with E-state index in [1.807, 2.05) is 17.2 Å². The van der Waals surface area contributed by atoms with Gasteiger partial charge in [-0.25, -0.2) is 0 Å². The van der Waals surface area contributed by atoms with Gasteiger partial charge in [0.25, 0.3) is 5.91 Å². The first-order valence-electron chi connectivity index (χ1n) is 5.96. The molecule has 1 saturated heterocycles. The number of aliphatic hydroxyl groups excluding tert-OH is 1. The predicted octanol–water partition coefficient (Wildman–Crippen LogP) is 1.65. The second-order valence-electron chi connectivity index (χ2n) is 4.94. The van der Waals surface area contributed by atoms with Crippen LogP contribution in [0, 0.1) is 5.92 Å². The van der Waals surface area contributed by atoms with Gasteiger partial charge in [-0.05, 0) is 34.8 Å². The Hall–Kier alpha value is -0.810. The molecule has 1 N–H and O–H groups in total. The van der Waals surface area contributed by atoms with Gasteiger partial charge in [0.1, 0.15) is 5.69 Å². The third-order valence-electron chi connectivity index (χ3n) is 3.48. The number of nitrogens with zero attached hydrogens (tertiary/aromatic N) is 2. The van der Waals surface area contributed by atoms with Crippen molar-refractivity contribution in [1.82, 2.24) is 9.47 Å². The fourth-order valence-corrected chi connectivity index (χ4v) is 2.72. The lowest BCUT2D eigenvalue weighted by Crippen LogP contribution is -2.51.